The molecular weight excluding hydrogens is 254 g/mol. The number of benzene rings is 1. The van der Waals surface area contributed by atoms with E-state index in [1.807, 2.05) is 12.3 Å². The van der Waals surface area contributed by atoms with Crippen molar-refractivity contribution < 1.29 is 0 Å². The molecular formula is C15H15N3S. The number of fused-ring (bicyclic) bond motifs is 1. The molecule has 96 valence electrons. The second-order valence-corrected chi connectivity index (χ2v) is 5.11. The fraction of sp³-hybridized carbons (Fsp3) is 0.200. The Morgan fingerprint density at radius 3 is 2.84 bits per heavy atom. The molecule has 0 fully saturated rings. The van der Waals surface area contributed by atoms with Gasteiger partial charge in [0.2, 0.25) is 0 Å². The Morgan fingerprint density at radius 2 is 2.05 bits per heavy atom. The lowest BCUT2D eigenvalue weighted by Gasteiger charge is -2.17. The summed E-state index contributed by atoms with van der Waals surface area (Å²) in [7, 11) is 0. The summed E-state index contributed by atoms with van der Waals surface area (Å²) in [5, 5.41) is 0. The summed E-state index contributed by atoms with van der Waals surface area (Å²) < 4.78 is 2.88. The first kappa shape index (κ1) is 12.1. The highest BCUT2D eigenvalue weighted by molar-refractivity contribution is 7.71. The largest absolute Gasteiger partial charge is 0.329 e. The maximum absolute atomic E-state index is 5.45. The molecule has 0 bridgehead atoms. The number of aromatic nitrogens is 3. The van der Waals surface area contributed by atoms with Crippen LogP contribution in [-0.2, 0) is 0 Å². The number of nitrogens with zero attached hydrogens (tertiary/aromatic N) is 2. The summed E-state index contributed by atoms with van der Waals surface area (Å²) in [6.45, 7) is 4.30. The van der Waals surface area contributed by atoms with E-state index in [1.54, 1.807) is 6.20 Å². The van der Waals surface area contributed by atoms with E-state index in [0.29, 0.717) is 0 Å². The monoisotopic (exact) mass is 269 g/mol. The van der Waals surface area contributed by atoms with Crippen molar-refractivity contribution >= 4 is 23.3 Å². The summed E-state index contributed by atoms with van der Waals surface area (Å²) >= 11 is 5.45. The van der Waals surface area contributed by atoms with Gasteiger partial charge in [0.1, 0.15) is 0 Å². The summed E-state index contributed by atoms with van der Waals surface area (Å²) in [6.07, 6.45) is 3.61. The molecule has 1 atom stereocenters. The summed E-state index contributed by atoms with van der Waals surface area (Å²) in [4.78, 5) is 7.34. The average molecular weight is 269 g/mol. The number of rotatable bonds is 2. The van der Waals surface area contributed by atoms with E-state index in [1.165, 1.54) is 11.1 Å². The van der Waals surface area contributed by atoms with E-state index in [-0.39, 0.29) is 6.04 Å². The fourth-order valence-corrected chi connectivity index (χ4v) is 2.92. The molecule has 1 aromatic carbocycles. The molecule has 0 aliphatic rings. The maximum Gasteiger partial charge on any atom is 0.178 e. The van der Waals surface area contributed by atoms with Gasteiger partial charge in [0, 0.05) is 6.20 Å². The molecule has 1 N–H and O–H groups in total. The third kappa shape index (κ3) is 1.98. The number of nitrogens with one attached hydrogen (secondary N) is 1. The third-order valence-corrected chi connectivity index (χ3v) is 3.84. The molecule has 0 amide bonds. The van der Waals surface area contributed by atoms with Crippen LogP contribution in [0, 0.1) is 11.7 Å². The smallest absolute Gasteiger partial charge is 0.178 e. The minimum Gasteiger partial charge on any atom is -0.329 e. The normalized spacial score (nSPS) is 12.7. The lowest BCUT2D eigenvalue weighted by Crippen LogP contribution is -2.08. The van der Waals surface area contributed by atoms with E-state index < -0.39 is 0 Å². The van der Waals surface area contributed by atoms with Crippen LogP contribution < -0.4 is 0 Å². The standard InChI is InChI=1S/C15H15N3S/c1-10-5-3-4-6-12(10)11(2)18-14-7-8-16-9-13(14)17-15(18)19/h3-9,11H,1-2H3,(H,17,19). The van der Waals surface area contributed by atoms with Crippen molar-refractivity contribution in [3.63, 3.8) is 0 Å². The van der Waals surface area contributed by atoms with Gasteiger partial charge in [-0.2, -0.15) is 0 Å². The molecule has 3 rings (SSSR count). The number of H-pyrrole nitrogens is 1. The van der Waals surface area contributed by atoms with Crippen molar-refractivity contribution in [2.24, 2.45) is 0 Å². The Kier molecular flexibility index (Phi) is 2.95. The SMILES string of the molecule is Cc1ccccc1C(C)n1c(=S)[nH]c2cnccc21. The Bertz CT molecular complexity index is 785. The van der Waals surface area contributed by atoms with Crippen LogP contribution in [0.15, 0.2) is 42.7 Å². The van der Waals surface area contributed by atoms with Gasteiger partial charge in [-0.25, -0.2) is 0 Å². The van der Waals surface area contributed by atoms with E-state index in [0.717, 1.165) is 15.8 Å². The predicted molar refractivity (Wildman–Crippen MR) is 79.9 cm³/mol. The molecule has 3 nitrogen and oxygen atoms in total. The molecule has 3 aromatic rings. The highest BCUT2D eigenvalue weighted by Gasteiger charge is 2.14. The summed E-state index contributed by atoms with van der Waals surface area (Å²) in [5.41, 5.74) is 4.64. The quantitative estimate of drug-likeness (QED) is 0.713. The van der Waals surface area contributed by atoms with E-state index in [9.17, 15) is 0 Å². The van der Waals surface area contributed by atoms with Gasteiger partial charge in [-0.15, -0.1) is 0 Å². The zero-order chi connectivity index (χ0) is 13.4. The van der Waals surface area contributed by atoms with E-state index >= 15 is 0 Å². The second kappa shape index (κ2) is 4.63. The molecule has 2 aromatic heterocycles. The Labute approximate surface area is 116 Å². The minimum absolute atomic E-state index is 0.199. The van der Waals surface area contributed by atoms with Crippen LogP contribution in [0.2, 0.25) is 0 Å². The van der Waals surface area contributed by atoms with Gasteiger partial charge in [-0.3, -0.25) is 4.98 Å². The average Bonchev–Trinajstić information content (AvgIpc) is 2.74. The lowest BCUT2D eigenvalue weighted by atomic mass is 10.0. The molecule has 0 radical (unpaired) electrons. The number of aryl methyl sites for hydroxylation is 1. The molecule has 1 unspecified atom stereocenters. The van der Waals surface area contributed by atoms with Crippen LogP contribution >= 0.6 is 12.2 Å². The topological polar surface area (TPSA) is 33.6 Å². The van der Waals surface area contributed by atoms with Gasteiger partial charge in [-0.05, 0) is 43.3 Å². The first-order valence-corrected chi connectivity index (χ1v) is 6.69. The maximum atomic E-state index is 5.45. The molecule has 0 aliphatic carbocycles. The number of hydrogen-bond acceptors (Lipinski definition) is 2. The highest BCUT2D eigenvalue weighted by Crippen LogP contribution is 2.25. The van der Waals surface area contributed by atoms with Crippen molar-refractivity contribution in [1.29, 1.82) is 0 Å². The number of pyridine rings is 1. The Balaban J connectivity index is 2.22. The van der Waals surface area contributed by atoms with E-state index in [4.69, 9.17) is 12.2 Å². The zero-order valence-corrected chi connectivity index (χ0v) is 11.7. The van der Waals surface area contributed by atoms with Crippen molar-refractivity contribution in [2.75, 3.05) is 0 Å². The fourth-order valence-electron chi connectivity index (χ4n) is 2.56. The van der Waals surface area contributed by atoms with Gasteiger partial charge in [0.05, 0.1) is 23.3 Å². The van der Waals surface area contributed by atoms with E-state index in [2.05, 4.69) is 52.6 Å². The van der Waals surface area contributed by atoms with Crippen LogP contribution in [0.4, 0.5) is 0 Å². The lowest BCUT2D eigenvalue weighted by molar-refractivity contribution is 0.645. The minimum atomic E-state index is 0.199. The van der Waals surface area contributed by atoms with Crippen molar-refractivity contribution in [3.8, 4) is 0 Å². The first-order valence-electron chi connectivity index (χ1n) is 6.28. The number of imidazole rings is 1. The summed E-state index contributed by atoms with van der Waals surface area (Å²) in [6, 6.07) is 10.6. The third-order valence-electron chi connectivity index (χ3n) is 3.54. The molecule has 0 spiro atoms. The second-order valence-electron chi connectivity index (χ2n) is 4.73. The van der Waals surface area contributed by atoms with Crippen molar-refractivity contribution in [3.05, 3.63) is 58.6 Å². The van der Waals surface area contributed by atoms with Crippen LogP contribution in [0.5, 0.6) is 0 Å². The van der Waals surface area contributed by atoms with Gasteiger partial charge in [0.15, 0.2) is 4.77 Å². The van der Waals surface area contributed by atoms with Crippen molar-refractivity contribution in [1.82, 2.24) is 14.5 Å². The van der Waals surface area contributed by atoms with Crippen molar-refractivity contribution in [2.45, 2.75) is 19.9 Å². The Morgan fingerprint density at radius 1 is 1.26 bits per heavy atom. The highest BCUT2D eigenvalue weighted by atomic mass is 32.1. The number of aromatic amines is 1. The first-order chi connectivity index (χ1) is 9.18. The zero-order valence-electron chi connectivity index (χ0n) is 10.9. The number of hydrogen-bond donors (Lipinski definition) is 1. The van der Waals surface area contributed by atoms with Gasteiger partial charge in [-0.1, -0.05) is 24.3 Å². The van der Waals surface area contributed by atoms with Crippen LogP contribution in [-0.4, -0.2) is 14.5 Å². The molecule has 0 saturated heterocycles. The predicted octanol–water partition coefficient (Wildman–Crippen LogP) is 4.01. The van der Waals surface area contributed by atoms with Crippen LogP contribution in [0.3, 0.4) is 0 Å². The van der Waals surface area contributed by atoms with Crippen LogP contribution in [0.1, 0.15) is 24.1 Å². The summed E-state index contributed by atoms with van der Waals surface area (Å²) in [5.74, 6) is 0. The van der Waals surface area contributed by atoms with Gasteiger partial charge in [0.25, 0.3) is 0 Å². The molecule has 19 heavy (non-hydrogen) atoms. The van der Waals surface area contributed by atoms with Crippen LogP contribution in [0.25, 0.3) is 11.0 Å². The molecule has 0 saturated carbocycles. The molecule has 0 aliphatic heterocycles. The van der Waals surface area contributed by atoms with Gasteiger partial charge >= 0.3 is 0 Å². The molecule has 2 heterocycles. The van der Waals surface area contributed by atoms with Gasteiger partial charge < -0.3 is 9.55 Å². The molecule has 4 heteroatoms. The Hall–Kier alpha value is -1.94.